The highest BCUT2D eigenvalue weighted by Gasteiger charge is 2.28. The molecule has 8 heteroatoms. The Hall–Kier alpha value is -2.92. The average Bonchev–Trinajstić information content (AvgIpc) is 3.44. The van der Waals surface area contributed by atoms with Crippen LogP contribution in [0.2, 0.25) is 0 Å². The van der Waals surface area contributed by atoms with E-state index < -0.39 is 0 Å². The van der Waals surface area contributed by atoms with Crippen LogP contribution < -0.4 is 4.74 Å². The number of nitriles is 1. The van der Waals surface area contributed by atoms with Crippen molar-refractivity contribution in [1.82, 2.24) is 14.8 Å². The average molecular weight is 382 g/mol. The Morgan fingerprint density at radius 2 is 2.15 bits per heavy atom. The predicted octanol–water partition coefficient (Wildman–Crippen LogP) is 3.81. The van der Waals surface area contributed by atoms with Gasteiger partial charge < -0.3 is 9.47 Å². The fourth-order valence-electron chi connectivity index (χ4n) is 3.70. The van der Waals surface area contributed by atoms with Gasteiger partial charge in [0.1, 0.15) is 16.5 Å². The summed E-state index contributed by atoms with van der Waals surface area (Å²) in [4.78, 5) is 16.6. The van der Waals surface area contributed by atoms with Crippen LogP contribution in [-0.4, -0.2) is 35.0 Å². The van der Waals surface area contributed by atoms with Crippen molar-refractivity contribution in [3.05, 3.63) is 33.8 Å². The van der Waals surface area contributed by atoms with Gasteiger partial charge in [0.15, 0.2) is 0 Å². The van der Waals surface area contributed by atoms with Gasteiger partial charge in [-0.25, -0.2) is 14.5 Å². The van der Waals surface area contributed by atoms with Crippen LogP contribution in [0.1, 0.15) is 52.5 Å². The van der Waals surface area contributed by atoms with Gasteiger partial charge >= 0.3 is 5.97 Å². The molecule has 0 N–H and O–H groups in total. The minimum absolute atomic E-state index is 0.312. The van der Waals surface area contributed by atoms with Gasteiger partial charge in [-0.2, -0.15) is 10.4 Å². The first-order chi connectivity index (χ1) is 13.2. The molecule has 3 aromatic rings. The number of pyridine rings is 1. The second-order valence-electron chi connectivity index (χ2n) is 6.46. The first-order valence-corrected chi connectivity index (χ1v) is 9.58. The fraction of sp³-hybridized carbons (Fsp3) is 0.368. The number of esters is 1. The van der Waals surface area contributed by atoms with Crippen molar-refractivity contribution >= 4 is 28.2 Å². The molecule has 1 aliphatic carbocycles. The van der Waals surface area contributed by atoms with Crippen molar-refractivity contribution in [1.29, 1.82) is 5.26 Å². The summed E-state index contributed by atoms with van der Waals surface area (Å²) in [5.74, 6) is 0.333. The molecule has 1 aliphatic rings. The summed E-state index contributed by atoms with van der Waals surface area (Å²) in [5, 5.41) is 17.1. The number of carbonyl (C=O) groups excluding carboxylic acids is 1. The zero-order valence-electron chi connectivity index (χ0n) is 15.1. The fourth-order valence-corrected chi connectivity index (χ4v) is 4.48. The molecule has 0 atom stereocenters. The van der Waals surface area contributed by atoms with E-state index in [1.54, 1.807) is 24.1 Å². The van der Waals surface area contributed by atoms with Gasteiger partial charge in [0, 0.05) is 22.9 Å². The lowest BCUT2D eigenvalue weighted by Crippen LogP contribution is -2.01. The highest BCUT2D eigenvalue weighted by molar-refractivity contribution is 7.12. The summed E-state index contributed by atoms with van der Waals surface area (Å²) in [6.45, 7) is 0. The number of fused-ring (bicyclic) bond motifs is 1. The number of carbonyl (C=O) groups is 1. The molecule has 3 heterocycles. The summed E-state index contributed by atoms with van der Waals surface area (Å²) in [6, 6.07) is 3.98. The molecule has 0 amide bonds. The number of rotatable bonds is 4. The Morgan fingerprint density at radius 1 is 1.37 bits per heavy atom. The van der Waals surface area contributed by atoms with Crippen molar-refractivity contribution < 1.29 is 14.3 Å². The number of thiophene rings is 1. The second-order valence-corrected chi connectivity index (χ2v) is 7.37. The first kappa shape index (κ1) is 17.5. The topological polar surface area (TPSA) is 90.0 Å². The van der Waals surface area contributed by atoms with E-state index in [4.69, 9.17) is 14.6 Å². The van der Waals surface area contributed by atoms with Gasteiger partial charge in [-0.3, -0.25) is 0 Å². The van der Waals surface area contributed by atoms with Crippen LogP contribution >= 0.6 is 11.3 Å². The van der Waals surface area contributed by atoms with Gasteiger partial charge in [-0.15, -0.1) is 11.3 Å². The maximum absolute atomic E-state index is 11.8. The molecule has 0 radical (unpaired) electrons. The van der Waals surface area contributed by atoms with Crippen molar-refractivity contribution in [3.63, 3.8) is 0 Å². The van der Waals surface area contributed by atoms with Crippen LogP contribution in [0.25, 0.3) is 16.6 Å². The van der Waals surface area contributed by atoms with Crippen molar-refractivity contribution in [2.45, 2.75) is 31.6 Å². The van der Waals surface area contributed by atoms with Gasteiger partial charge in [-0.1, -0.05) is 12.8 Å². The molecular formula is C19H18N4O3S. The number of aromatic nitrogens is 3. The predicted molar refractivity (Wildman–Crippen MR) is 101 cm³/mol. The van der Waals surface area contributed by atoms with E-state index in [1.165, 1.54) is 18.4 Å². The van der Waals surface area contributed by atoms with E-state index in [9.17, 15) is 10.1 Å². The maximum atomic E-state index is 11.8. The molecule has 7 nitrogen and oxygen atoms in total. The Kier molecular flexibility index (Phi) is 4.54. The van der Waals surface area contributed by atoms with Crippen LogP contribution in [0.15, 0.2) is 17.6 Å². The normalized spacial score (nSPS) is 14.4. The van der Waals surface area contributed by atoms with Crippen LogP contribution in [0.5, 0.6) is 5.88 Å². The number of ether oxygens (including phenoxy) is 2. The third-order valence-corrected chi connectivity index (χ3v) is 5.87. The van der Waals surface area contributed by atoms with Gasteiger partial charge in [0.2, 0.25) is 5.88 Å². The summed E-state index contributed by atoms with van der Waals surface area (Å²) in [5.41, 5.74) is 2.78. The van der Waals surface area contributed by atoms with E-state index in [0.717, 1.165) is 42.5 Å². The molecule has 4 rings (SSSR count). The molecule has 0 aromatic carbocycles. The van der Waals surface area contributed by atoms with Gasteiger partial charge in [-0.05, 0) is 18.9 Å². The molecule has 27 heavy (non-hydrogen) atoms. The minimum atomic E-state index is -0.387. The van der Waals surface area contributed by atoms with Crippen LogP contribution in [0.4, 0.5) is 0 Å². The zero-order valence-corrected chi connectivity index (χ0v) is 15.9. The van der Waals surface area contributed by atoms with Crippen molar-refractivity contribution in [2.75, 3.05) is 14.2 Å². The quantitative estimate of drug-likeness (QED) is 0.638. The van der Waals surface area contributed by atoms with Crippen LogP contribution in [0.3, 0.4) is 0 Å². The van der Waals surface area contributed by atoms with E-state index >= 15 is 0 Å². The standard InChI is InChI=1S/C19H18N4O3S/c1-25-18-17-15(12(8-20)9-21-18)16(11-5-3-4-6-11)22-23(17)13-7-14(27-10-13)19(24)26-2/h7,9-11H,3-6H2,1-2H3. The van der Waals surface area contributed by atoms with Gasteiger partial charge in [0.05, 0.1) is 31.2 Å². The van der Waals surface area contributed by atoms with Crippen molar-refractivity contribution in [3.8, 4) is 17.6 Å². The molecule has 138 valence electrons. The lowest BCUT2D eigenvalue weighted by molar-refractivity contribution is 0.0606. The van der Waals surface area contributed by atoms with E-state index in [-0.39, 0.29) is 5.97 Å². The number of hydrogen-bond donors (Lipinski definition) is 0. The van der Waals surface area contributed by atoms with E-state index in [1.807, 2.05) is 5.38 Å². The summed E-state index contributed by atoms with van der Waals surface area (Å²) < 4.78 is 12.0. The van der Waals surface area contributed by atoms with E-state index in [2.05, 4.69) is 11.1 Å². The molecule has 0 spiro atoms. The smallest absolute Gasteiger partial charge is 0.348 e. The number of hydrogen-bond acceptors (Lipinski definition) is 7. The molecule has 1 fully saturated rings. The summed E-state index contributed by atoms with van der Waals surface area (Å²) >= 11 is 1.29. The Balaban J connectivity index is 1.98. The molecule has 3 aromatic heterocycles. The number of nitrogens with zero attached hydrogens (tertiary/aromatic N) is 4. The number of methoxy groups -OCH3 is 2. The van der Waals surface area contributed by atoms with E-state index in [0.29, 0.717) is 27.8 Å². The largest absolute Gasteiger partial charge is 0.479 e. The zero-order chi connectivity index (χ0) is 19.0. The summed E-state index contributed by atoms with van der Waals surface area (Å²) in [7, 11) is 2.91. The molecule has 0 saturated heterocycles. The van der Waals surface area contributed by atoms with Crippen LogP contribution in [0, 0.1) is 11.3 Å². The van der Waals surface area contributed by atoms with Crippen LogP contribution in [-0.2, 0) is 4.74 Å². The third-order valence-electron chi connectivity index (χ3n) is 4.97. The molecular weight excluding hydrogens is 364 g/mol. The lowest BCUT2D eigenvalue weighted by Gasteiger charge is -2.07. The lowest BCUT2D eigenvalue weighted by atomic mass is 9.99. The minimum Gasteiger partial charge on any atom is -0.479 e. The van der Waals surface area contributed by atoms with Gasteiger partial charge in [0.25, 0.3) is 0 Å². The summed E-state index contributed by atoms with van der Waals surface area (Å²) in [6.07, 6.45) is 5.97. The molecule has 0 bridgehead atoms. The highest BCUT2D eigenvalue weighted by Crippen LogP contribution is 2.41. The Labute approximate surface area is 160 Å². The third kappa shape index (κ3) is 2.84. The Morgan fingerprint density at radius 3 is 2.81 bits per heavy atom. The van der Waals surface area contributed by atoms with Crippen molar-refractivity contribution in [2.24, 2.45) is 0 Å². The molecule has 0 aliphatic heterocycles. The highest BCUT2D eigenvalue weighted by atomic mass is 32.1. The second kappa shape index (κ2) is 7.00. The monoisotopic (exact) mass is 382 g/mol. The maximum Gasteiger partial charge on any atom is 0.348 e. The molecule has 0 unspecified atom stereocenters. The molecule has 1 saturated carbocycles. The Bertz CT molecular complexity index is 1060. The SMILES string of the molecule is COC(=O)c1cc(-n2nc(C3CCCC3)c3c(C#N)cnc(OC)c32)cs1. The first-order valence-electron chi connectivity index (χ1n) is 8.70.